The summed E-state index contributed by atoms with van der Waals surface area (Å²) in [7, 11) is 0. The normalized spacial score (nSPS) is 11.2. The first kappa shape index (κ1) is 18.1. The predicted molar refractivity (Wildman–Crippen MR) is 138 cm³/mol. The van der Waals surface area contributed by atoms with Crippen LogP contribution in [0.5, 0.6) is 0 Å². The first-order valence-electron chi connectivity index (χ1n) is 9.18. The third kappa shape index (κ3) is 3.12. The molecule has 0 nitrogen and oxygen atoms in total. The van der Waals surface area contributed by atoms with Crippen molar-refractivity contribution >= 4 is 66.7 Å². The maximum atomic E-state index is 2.42. The standard InChI is InChI=1S/C26H16I2/c27-19-12-14-22-23(15-19)25(17-7-3-1-4-8-17)21-13-11-20(28)16-24(21)26(22)18-9-5-2-6-10-18/h1-16H. The molecule has 0 spiro atoms. The molecule has 5 rings (SSSR count). The average Bonchev–Trinajstić information content (AvgIpc) is 2.73. The van der Waals surface area contributed by atoms with E-state index in [-0.39, 0.29) is 0 Å². The minimum atomic E-state index is 1.26. The molecule has 0 aliphatic heterocycles. The number of hydrogen-bond donors (Lipinski definition) is 0. The van der Waals surface area contributed by atoms with Crippen LogP contribution >= 0.6 is 45.2 Å². The van der Waals surface area contributed by atoms with Gasteiger partial charge in [-0.3, -0.25) is 0 Å². The van der Waals surface area contributed by atoms with Crippen molar-refractivity contribution in [3.05, 3.63) is 104 Å². The Bertz CT molecular complexity index is 1200. The van der Waals surface area contributed by atoms with Crippen LogP contribution in [0.4, 0.5) is 0 Å². The topological polar surface area (TPSA) is 0 Å². The molecule has 0 fully saturated rings. The van der Waals surface area contributed by atoms with E-state index in [1.54, 1.807) is 0 Å². The van der Waals surface area contributed by atoms with E-state index in [2.05, 4.69) is 142 Å². The second kappa shape index (κ2) is 7.48. The second-order valence-corrected chi connectivity index (χ2v) is 9.35. The lowest BCUT2D eigenvalue weighted by molar-refractivity contribution is 1.63. The molecule has 5 aromatic carbocycles. The summed E-state index contributed by atoms with van der Waals surface area (Å²) >= 11 is 4.84. The van der Waals surface area contributed by atoms with E-state index in [9.17, 15) is 0 Å². The summed E-state index contributed by atoms with van der Waals surface area (Å²) in [5.41, 5.74) is 5.17. The molecule has 0 saturated heterocycles. The van der Waals surface area contributed by atoms with E-state index in [1.165, 1.54) is 50.9 Å². The molecule has 0 aliphatic carbocycles. The number of benzene rings is 5. The Kier molecular flexibility index (Phi) is 4.85. The molecule has 28 heavy (non-hydrogen) atoms. The van der Waals surface area contributed by atoms with Crippen LogP contribution in [0.15, 0.2) is 97.1 Å². The van der Waals surface area contributed by atoms with Crippen LogP contribution in [0, 0.1) is 7.14 Å². The predicted octanol–water partition coefficient (Wildman–Crippen LogP) is 8.54. The SMILES string of the molecule is Ic1ccc2c(-c3ccccc3)c3cc(I)ccc3c(-c3ccccc3)c2c1. The van der Waals surface area contributed by atoms with Crippen LogP contribution in [-0.4, -0.2) is 0 Å². The summed E-state index contributed by atoms with van der Waals surface area (Å²) in [6.07, 6.45) is 0. The largest absolute Gasteiger partial charge is 0.0622 e. The highest BCUT2D eigenvalue weighted by Crippen LogP contribution is 2.44. The molecule has 134 valence electrons. The average molecular weight is 582 g/mol. The zero-order valence-corrected chi connectivity index (χ0v) is 19.3. The van der Waals surface area contributed by atoms with Crippen molar-refractivity contribution in [2.75, 3.05) is 0 Å². The van der Waals surface area contributed by atoms with Crippen LogP contribution in [0.3, 0.4) is 0 Å². The Hall–Kier alpha value is -1.92. The summed E-state index contributed by atoms with van der Waals surface area (Å²) in [5.74, 6) is 0. The molecule has 0 saturated carbocycles. The van der Waals surface area contributed by atoms with E-state index in [0.29, 0.717) is 0 Å². The maximum absolute atomic E-state index is 2.42. The number of halogens is 2. The van der Waals surface area contributed by atoms with Crippen LogP contribution in [0.2, 0.25) is 0 Å². The monoisotopic (exact) mass is 582 g/mol. The third-order valence-electron chi connectivity index (χ3n) is 5.17. The Morgan fingerprint density at radius 3 is 1.18 bits per heavy atom. The fourth-order valence-corrected chi connectivity index (χ4v) is 4.99. The molecule has 0 radical (unpaired) electrons. The van der Waals surface area contributed by atoms with Crippen molar-refractivity contribution in [1.82, 2.24) is 0 Å². The zero-order valence-electron chi connectivity index (χ0n) is 15.0. The molecule has 0 aromatic heterocycles. The highest BCUT2D eigenvalue weighted by atomic mass is 127. The first-order valence-corrected chi connectivity index (χ1v) is 11.3. The van der Waals surface area contributed by atoms with Crippen molar-refractivity contribution in [3.63, 3.8) is 0 Å². The maximum Gasteiger partial charge on any atom is 0.0136 e. The van der Waals surface area contributed by atoms with Gasteiger partial charge in [-0.2, -0.15) is 0 Å². The molecule has 5 aromatic rings. The minimum absolute atomic E-state index is 1.26. The Labute approximate surface area is 191 Å². The molecular formula is C26H16I2. The van der Waals surface area contributed by atoms with Crippen molar-refractivity contribution in [1.29, 1.82) is 0 Å². The quantitative estimate of drug-likeness (QED) is 0.145. The van der Waals surface area contributed by atoms with Gasteiger partial charge in [0, 0.05) is 7.14 Å². The highest BCUT2D eigenvalue weighted by Gasteiger charge is 2.17. The van der Waals surface area contributed by atoms with Gasteiger partial charge in [0.1, 0.15) is 0 Å². The fraction of sp³-hybridized carbons (Fsp3) is 0. The van der Waals surface area contributed by atoms with Gasteiger partial charge in [-0.05, 0) is 113 Å². The zero-order chi connectivity index (χ0) is 19.1. The van der Waals surface area contributed by atoms with Crippen LogP contribution in [0.25, 0.3) is 43.8 Å². The Balaban J connectivity index is 2.05. The molecule has 2 heteroatoms. The van der Waals surface area contributed by atoms with Crippen LogP contribution in [-0.2, 0) is 0 Å². The van der Waals surface area contributed by atoms with Gasteiger partial charge in [-0.1, -0.05) is 72.8 Å². The Morgan fingerprint density at radius 2 is 0.786 bits per heavy atom. The number of rotatable bonds is 2. The minimum Gasteiger partial charge on any atom is -0.0622 e. The van der Waals surface area contributed by atoms with Crippen molar-refractivity contribution in [2.45, 2.75) is 0 Å². The smallest absolute Gasteiger partial charge is 0.0136 e. The van der Waals surface area contributed by atoms with Gasteiger partial charge in [0.05, 0.1) is 0 Å². The van der Waals surface area contributed by atoms with E-state index in [0.717, 1.165) is 0 Å². The highest BCUT2D eigenvalue weighted by molar-refractivity contribution is 14.1. The fourth-order valence-electron chi connectivity index (χ4n) is 4.00. The van der Waals surface area contributed by atoms with Crippen molar-refractivity contribution in [3.8, 4) is 22.3 Å². The number of hydrogen-bond acceptors (Lipinski definition) is 0. The Morgan fingerprint density at radius 1 is 0.393 bits per heavy atom. The molecular weight excluding hydrogens is 566 g/mol. The van der Waals surface area contributed by atoms with Gasteiger partial charge < -0.3 is 0 Å². The van der Waals surface area contributed by atoms with Gasteiger partial charge >= 0.3 is 0 Å². The number of fused-ring (bicyclic) bond motifs is 2. The molecule has 0 bridgehead atoms. The lowest BCUT2D eigenvalue weighted by atomic mass is 9.86. The molecule has 0 atom stereocenters. The van der Waals surface area contributed by atoms with E-state index in [1.807, 2.05) is 0 Å². The van der Waals surface area contributed by atoms with Crippen molar-refractivity contribution < 1.29 is 0 Å². The lowest BCUT2D eigenvalue weighted by Gasteiger charge is -2.18. The van der Waals surface area contributed by atoms with Gasteiger partial charge in [0.15, 0.2) is 0 Å². The third-order valence-corrected chi connectivity index (χ3v) is 6.51. The summed E-state index contributed by atoms with van der Waals surface area (Å²) < 4.78 is 2.51. The second-order valence-electron chi connectivity index (χ2n) is 6.86. The van der Waals surface area contributed by atoms with Gasteiger partial charge in [-0.25, -0.2) is 0 Å². The van der Waals surface area contributed by atoms with Gasteiger partial charge in [0.25, 0.3) is 0 Å². The molecule has 0 amide bonds. The lowest BCUT2D eigenvalue weighted by Crippen LogP contribution is -1.92. The molecule has 0 heterocycles. The molecule has 0 unspecified atom stereocenters. The van der Waals surface area contributed by atoms with Gasteiger partial charge in [-0.15, -0.1) is 0 Å². The van der Waals surface area contributed by atoms with Crippen molar-refractivity contribution in [2.24, 2.45) is 0 Å². The van der Waals surface area contributed by atoms with E-state index >= 15 is 0 Å². The van der Waals surface area contributed by atoms with Gasteiger partial charge in [0.2, 0.25) is 0 Å². The van der Waals surface area contributed by atoms with Crippen LogP contribution in [0.1, 0.15) is 0 Å². The van der Waals surface area contributed by atoms with Crippen LogP contribution < -0.4 is 0 Å². The summed E-state index contributed by atoms with van der Waals surface area (Å²) in [6, 6.07) is 35.2. The molecule has 0 N–H and O–H groups in total. The van der Waals surface area contributed by atoms with E-state index < -0.39 is 0 Å². The summed E-state index contributed by atoms with van der Waals surface area (Å²) in [5, 5.41) is 5.23. The first-order chi connectivity index (χ1) is 13.7. The molecule has 0 aliphatic rings. The summed E-state index contributed by atoms with van der Waals surface area (Å²) in [4.78, 5) is 0. The summed E-state index contributed by atoms with van der Waals surface area (Å²) in [6.45, 7) is 0. The van der Waals surface area contributed by atoms with E-state index in [4.69, 9.17) is 0 Å².